The fraction of sp³-hybridized carbons (Fsp3) is 0.435. The molecule has 1 saturated heterocycles. The molecular weight excluding hydrogens is 489 g/mol. The largest absolute Gasteiger partial charge is 0.497 e. The quantitative estimate of drug-likeness (QED) is 0.299. The van der Waals surface area contributed by atoms with Gasteiger partial charge >= 0.3 is 5.23 Å². The number of piperazine rings is 1. The van der Waals surface area contributed by atoms with E-state index >= 15 is 0 Å². The van der Waals surface area contributed by atoms with E-state index in [0.29, 0.717) is 0 Å². The summed E-state index contributed by atoms with van der Waals surface area (Å²) in [5.74, 6) is 1.70. The lowest BCUT2D eigenvalue weighted by Crippen LogP contribution is -2.65. The highest BCUT2D eigenvalue weighted by Crippen LogP contribution is 2.13. The van der Waals surface area contributed by atoms with Gasteiger partial charge in [-0.25, -0.2) is 0 Å². The first-order valence-corrected chi connectivity index (χ1v) is 11.8. The molecule has 2 aromatic carbocycles. The Morgan fingerprint density at radius 2 is 1.56 bits per heavy atom. The van der Waals surface area contributed by atoms with E-state index in [1.807, 2.05) is 36.4 Å². The van der Waals surface area contributed by atoms with Gasteiger partial charge in [-0.05, 0) is 61.0 Å². The zero-order chi connectivity index (χ0) is 21.2. The van der Waals surface area contributed by atoms with Gasteiger partial charge in [0.05, 0.1) is 7.11 Å². The summed E-state index contributed by atoms with van der Waals surface area (Å²) < 4.78 is 5.14. The molecule has 0 aliphatic carbocycles. The van der Waals surface area contributed by atoms with Crippen molar-refractivity contribution in [3.05, 3.63) is 59.1 Å². The average molecular weight is 522 g/mol. The molecule has 32 heavy (non-hydrogen) atoms. The molecule has 0 aromatic heterocycles. The van der Waals surface area contributed by atoms with Crippen molar-refractivity contribution in [3.63, 3.8) is 0 Å². The zero-order valence-electron chi connectivity index (χ0n) is 18.3. The summed E-state index contributed by atoms with van der Waals surface area (Å²) in [4.78, 5) is 8.08. The molecule has 2 N–H and O–H groups in total. The Bertz CT molecular complexity index is 799. The first kappa shape index (κ1) is 28.9. The summed E-state index contributed by atoms with van der Waals surface area (Å²) in [5, 5.41) is 11.1. The lowest BCUT2D eigenvalue weighted by atomic mass is 10.1. The molecule has 178 valence electrons. The second-order valence-corrected chi connectivity index (χ2v) is 8.94. The van der Waals surface area contributed by atoms with Crippen LogP contribution in [-0.2, 0) is 6.42 Å². The summed E-state index contributed by atoms with van der Waals surface area (Å²) in [6, 6.07) is 15.7. The van der Waals surface area contributed by atoms with Crippen LogP contribution in [0.25, 0.3) is 0 Å². The third-order valence-corrected chi connectivity index (χ3v) is 6.41. The predicted molar refractivity (Wildman–Crippen MR) is 141 cm³/mol. The Morgan fingerprint density at radius 3 is 2.16 bits per heavy atom. The molecule has 0 atom stereocenters. The Hall–Kier alpha value is -1.15. The Morgan fingerprint density at radius 1 is 0.969 bits per heavy atom. The molecule has 0 unspecified atom stereocenters. The van der Waals surface area contributed by atoms with E-state index < -0.39 is 0 Å². The number of aliphatic hydroxyl groups is 1. The van der Waals surface area contributed by atoms with E-state index in [1.54, 1.807) is 7.11 Å². The van der Waals surface area contributed by atoms with Gasteiger partial charge in [0.1, 0.15) is 5.75 Å². The van der Waals surface area contributed by atoms with Gasteiger partial charge in [0.15, 0.2) is 0 Å². The summed E-state index contributed by atoms with van der Waals surface area (Å²) in [7, 11) is 1.64. The van der Waals surface area contributed by atoms with Crippen molar-refractivity contribution in [2.75, 3.05) is 52.1 Å². The standard InChI is InChI=1S/C23H30ClN3O2S.2ClH/c1-29-22-9-7-21(8-10-22)25-23(28)30-18-2-12-26-14-16-27(17-15-26)13-11-19-3-5-20(24)6-4-19;;/h3-10H,2,11-18H2,1H3,(H,25,28);2*1H/p+1. The number of hydrogen-bond donors (Lipinski definition) is 2. The average Bonchev–Trinajstić information content (AvgIpc) is 2.78. The molecule has 1 heterocycles. The molecule has 0 bridgehead atoms. The predicted octanol–water partition coefficient (Wildman–Crippen LogP) is 3.80. The maximum atomic E-state index is 10.1. The van der Waals surface area contributed by atoms with Crippen LogP contribution in [0.3, 0.4) is 0 Å². The molecule has 0 spiro atoms. The third kappa shape index (κ3) is 10.2. The normalized spacial score (nSPS) is 15.0. The number of benzene rings is 2. The van der Waals surface area contributed by atoms with Crippen molar-refractivity contribution in [2.24, 2.45) is 0 Å². The van der Waals surface area contributed by atoms with Crippen LogP contribution in [0, 0.1) is 0 Å². The number of hydrogen-bond acceptors (Lipinski definition) is 4. The molecule has 0 saturated carbocycles. The summed E-state index contributed by atoms with van der Waals surface area (Å²) in [5.41, 5.74) is 2.20. The van der Waals surface area contributed by atoms with Crippen LogP contribution in [0.1, 0.15) is 12.0 Å². The Kier molecular flexibility index (Phi) is 14.1. The number of thioether (sulfide) groups is 1. The van der Waals surface area contributed by atoms with Gasteiger partial charge in [-0.3, -0.25) is 0 Å². The maximum absolute atomic E-state index is 10.1. The summed E-state index contributed by atoms with van der Waals surface area (Å²) >= 11 is 7.41. The minimum Gasteiger partial charge on any atom is -0.497 e. The van der Waals surface area contributed by atoms with E-state index in [-0.39, 0.29) is 30.0 Å². The molecule has 2 aromatic rings. The van der Waals surface area contributed by atoms with Crippen molar-refractivity contribution in [2.45, 2.75) is 12.8 Å². The number of methoxy groups -OCH3 is 1. The van der Waals surface area contributed by atoms with Crippen LogP contribution in [0.5, 0.6) is 5.75 Å². The minimum absolute atomic E-state index is 0. The van der Waals surface area contributed by atoms with Crippen molar-refractivity contribution in [1.29, 1.82) is 0 Å². The maximum Gasteiger partial charge on any atom is 0.402 e. The van der Waals surface area contributed by atoms with Gasteiger partial charge in [-0.2, -0.15) is 4.99 Å². The van der Waals surface area contributed by atoms with E-state index in [4.69, 9.17) is 16.3 Å². The number of ether oxygens (including phenoxy) is 1. The van der Waals surface area contributed by atoms with Crippen LogP contribution in [0.15, 0.2) is 48.5 Å². The number of aliphatic hydroxyl groups excluding tert-OH is 1. The third-order valence-electron chi connectivity index (χ3n) is 5.29. The number of rotatable bonds is 9. The molecule has 3 rings (SSSR count). The van der Waals surface area contributed by atoms with Crippen LogP contribution in [0.2, 0.25) is 5.02 Å². The molecule has 0 amide bonds. The Balaban J connectivity index is 0.00000256. The van der Waals surface area contributed by atoms with E-state index in [1.165, 1.54) is 17.3 Å². The van der Waals surface area contributed by atoms with Gasteiger partial charge in [0.25, 0.3) is 0 Å². The highest BCUT2D eigenvalue weighted by molar-refractivity contribution is 8.13. The molecule has 1 aliphatic heterocycles. The number of halogens is 3. The van der Waals surface area contributed by atoms with Crippen molar-refractivity contribution in [3.8, 4) is 5.75 Å². The van der Waals surface area contributed by atoms with Crippen LogP contribution in [-0.4, -0.2) is 72.3 Å². The highest BCUT2D eigenvalue weighted by atomic mass is 35.5. The van der Waals surface area contributed by atoms with Crippen molar-refractivity contribution >= 4 is 59.1 Å². The fourth-order valence-electron chi connectivity index (χ4n) is 3.47. The molecule has 1 fully saturated rings. The summed E-state index contributed by atoms with van der Waals surface area (Å²) in [6.45, 7) is 6.66. The second kappa shape index (κ2) is 15.6. The van der Waals surface area contributed by atoms with Gasteiger partial charge in [-0.15, -0.1) is 24.8 Å². The lowest BCUT2D eigenvalue weighted by Gasteiger charge is -2.34. The van der Waals surface area contributed by atoms with Gasteiger partial charge in [0.2, 0.25) is 5.69 Å². The zero-order valence-corrected chi connectivity index (χ0v) is 21.5. The smallest absolute Gasteiger partial charge is 0.402 e. The van der Waals surface area contributed by atoms with Crippen LogP contribution >= 0.6 is 48.2 Å². The van der Waals surface area contributed by atoms with E-state index in [9.17, 15) is 5.11 Å². The second-order valence-electron chi connectivity index (χ2n) is 7.42. The van der Waals surface area contributed by atoms with E-state index in [0.717, 1.165) is 74.3 Å². The van der Waals surface area contributed by atoms with Crippen LogP contribution < -0.4 is 9.73 Å². The van der Waals surface area contributed by atoms with Gasteiger partial charge < -0.3 is 19.6 Å². The lowest BCUT2D eigenvalue weighted by molar-refractivity contribution is -0.360. The molecule has 9 heteroatoms. The SMILES string of the molecule is COc1ccc([NH+]=C(O)SCCCN2CCN(CCc3ccc(Cl)cc3)CC2)cc1.Cl.Cl. The van der Waals surface area contributed by atoms with E-state index in [2.05, 4.69) is 26.9 Å². The number of nitrogens with zero attached hydrogens (tertiary/aromatic N) is 2. The monoisotopic (exact) mass is 520 g/mol. The van der Waals surface area contributed by atoms with Gasteiger partial charge in [0, 0.05) is 55.6 Å². The van der Waals surface area contributed by atoms with Gasteiger partial charge in [-0.1, -0.05) is 23.7 Å². The highest BCUT2D eigenvalue weighted by Gasteiger charge is 2.16. The molecule has 5 nitrogen and oxygen atoms in total. The topological polar surface area (TPSA) is 49.9 Å². The van der Waals surface area contributed by atoms with Crippen LogP contribution in [0.4, 0.5) is 5.69 Å². The Labute approximate surface area is 213 Å². The minimum atomic E-state index is 0. The first-order chi connectivity index (χ1) is 14.6. The molecular formula is C23H33Cl3N3O2S+. The van der Waals surface area contributed by atoms with Crippen molar-refractivity contribution < 1.29 is 14.8 Å². The summed E-state index contributed by atoms with van der Waals surface area (Å²) in [6.07, 6.45) is 2.13. The molecule has 1 aliphatic rings. The van der Waals surface area contributed by atoms with Crippen molar-refractivity contribution in [1.82, 2.24) is 9.80 Å². The first-order valence-electron chi connectivity index (χ1n) is 10.4. The number of nitrogens with one attached hydrogen (secondary N) is 1. The molecule has 0 radical (unpaired) electrons. The fourth-order valence-corrected chi connectivity index (χ4v) is 4.25.